The zero-order chi connectivity index (χ0) is 22.1. The number of para-hydroxylation sites is 1. The van der Waals surface area contributed by atoms with Crippen molar-refractivity contribution in [2.75, 3.05) is 13.1 Å². The van der Waals surface area contributed by atoms with E-state index in [0.717, 1.165) is 58.3 Å². The Kier molecular flexibility index (Phi) is 6.05. The van der Waals surface area contributed by atoms with Crippen LogP contribution in [-0.2, 0) is 24.3 Å². The van der Waals surface area contributed by atoms with E-state index in [-0.39, 0.29) is 17.9 Å². The predicted molar refractivity (Wildman–Crippen MR) is 131 cm³/mol. The second-order valence-corrected chi connectivity index (χ2v) is 9.53. The number of fused-ring (bicyclic) bond motifs is 2. The zero-order valence-electron chi connectivity index (χ0n) is 19.4. The number of hydrogen-bond acceptors (Lipinski definition) is 2. The van der Waals surface area contributed by atoms with Crippen LogP contribution in [0.3, 0.4) is 0 Å². The Balaban J connectivity index is 1.22. The summed E-state index contributed by atoms with van der Waals surface area (Å²) < 4.78 is 2.42. The summed E-state index contributed by atoms with van der Waals surface area (Å²) in [5.41, 5.74) is 6.89. The number of carbonyl (C=O) groups is 1. The number of amides is 1. The summed E-state index contributed by atoms with van der Waals surface area (Å²) in [5, 5.41) is 4.77. The maximum Gasteiger partial charge on any atom is 0.223 e. The smallest absolute Gasteiger partial charge is 0.223 e. The second kappa shape index (κ2) is 9.11. The van der Waals surface area contributed by atoms with Gasteiger partial charge in [0, 0.05) is 35.6 Å². The highest BCUT2D eigenvalue weighted by Gasteiger charge is 2.29. The highest BCUT2D eigenvalue weighted by molar-refractivity contribution is 5.85. The number of likely N-dealkylation sites (tertiary alicyclic amines) is 1. The molecule has 1 N–H and O–H groups in total. The Morgan fingerprint density at radius 1 is 1.03 bits per heavy atom. The highest BCUT2D eigenvalue weighted by atomic mass is 16.1. The maximum atomic E-state index is 13.1. The molecule has 1 saturated heterocycles. The minimum Gasteiger partial charge on any atom is -0.349 e. The van der Waals surface area contributed by atoms with Crippen LogP contribution in [0.2, 0.25) is 0 Å². The fraction of sp³-hybridized carbons (Fsp3) is 0.464. The molecule has 0 spiro atoms. The van der Waals surface area contributed by atoms with Crippen LogP contribution in [0.5, 0.6) is 0 Å². The molecule has 2 heterocycles. The third kappa shape index (κ3) is 3.97. The normalized spacial score (nSPS) is 19.8. The monoisotopic (exact) mass is 429 g/mol. The summed E-state index contributed by atoms with van der Waals surface area (Å²) in [6.07, 6.45) is 5.25. The average molecular weight is 430 g/mol. The predicted octanol–water partition coefficient (Wildman–Crippen LogP) is 5.38. The molecular weight excluding hydrogens is 394 g/mol. The van der Waals surface area contributed by atoms with E-state index in [1.807, 2.05) is 0 Å². The minimum absolute atomic E-state index is 0.137. The molecule has 1 atom stereocenters. The Morgan fingerprint density at radius 3 is 2.59 bits per heavy atom. The summed E-state index contributed by atoms with van der Waals surface area (Å²) in [5.74, 6) is 0.392. The number of nitrogens with one attached hydrogen (secondary N) is 1. The molecule has 3 aromatic rings. The number of rotatable bonds is 5. The molecule has 32 heavy (non-hydrogen) atoms. The molecule has 5 rings (SSSR count). The Labute approximate surface area is 191 Å². The zero-order valence-corrected chi connectivity index (χ0v) is 19.4. The van der Waals surface area contributed by atoms with Gasteiger partial charge in [-0.25, -0.2) is 0 Å². The van der Waals surface area contributed by atoms with Gasteiger partial charge in [0.2, 0.25) is 5.91 Å². The van der Waals surface area contributed by atoms with E-state index >= 15 is 0 Å². The van der Waals surface area contributed by atoms with Gasteiger partial charge in [-0.2, -0.15) is 0 Å². The van der Waals surface area contributed by atoms with Crippen LogP contribution < -0.4 is 5.32 Å². The third-order valence-electron chi connectivity index (χ3n) is 7.70. The molecule has 0 radical (unpaired) electrons. The number of hydrogen-bond donors (Lipinski definition) is 1. The Bertz CT molecular complexity index is 1110. The molecular formula is C28H35N3O. The molecule has 4 nitrogen and oxygen atoms in total. The largest absolute Gasteiger partial charge is 0.349 e. The molecule has 0 bridgehead atoms. The minimum atomic E-state index is 0.137. The van der Waals surface area contributed by atoms with Crippen LogP contribution >= 0.6 is 0 Å². The van der Waals surface area contributed by atoms with Crippen LogP contribution in [0, 0.1) is 12.8 Å². The molecule has 1 aromatic heterocycles. The van der Waals surface area contributed by atoms with Crippen molar-refractivity contribution in [2.45, 2.75) is 65.1 Å². The van der Waals surface area contributed by atoms with Crippen LogP contribution in [0.15, 0.2) is 48.5 Å². The fourth-order valence-corrected chi connectivity index (χ4v) is 5.88. The third-order valence-corrected chi connectivity index (χ3v) is 7.70. The molecule has 168 valence electrons. The standard InChI is InChI=1S/C28H35N3O/c1-3-31-20(2)25(24-12-6-7-14-27(24)31)19-30-17-15-22(16-18-30)28(32)29-26-13-8-10-21-9-4-5-11-23(21)26/h4-7,9,11-12,14,22,26H,3,8,10,13,15-19H2,1-2H3,(H,29,32). The van der Waals surface area contributed by atoms with Crippen LogP contribution in [0.4, 0.5) is 0 Å². The number of nitrogens with zero attached hydrogens (tertiary/aromatic N) is 2. The van der Waals surface area contributed by atoms with E-state index in [9.17, 15) is 4.79 Å². The van der Waals surface area contributed by atoms with Crippen molar-refractivity contribution in [3.05, 3.63) is 70.9 Å². The van der Waals surface area contributed by atoms with Gasteiger partial charge in [0.25, 0.3) is 0 Å². The molecule has 1 amide bonds. The van der Waals surface area contributed by atoms with Crippen molar-refractivity contribution >= 4 is 16.8 Å². The van der Waals surface area contributed by atoms with Crippen LogP contribution in [-0.4, -0.2) is 28.5 Å². The molecule has 1 aliphatic heterocycles. The highest BCUT2D eigenvalue weighted by Crippen LogP contribution is 2.31. The van der Waals surface area contributed by atoms with Gasteiger partial charge in [-0.05, 0) is 81.8 Å². The van der Waals surface area contributed by atoms with Crippen LogP contribution in [0.1, 0.15) is 61.0 Å². The molecule has 4 heteroatoms. The van der Waals surface area contributed by atoms with Gasteiger partial charge in [0.1, 0.15) is 0 Å². The molecule has 1 aliphatic carbocycles. The summed E-state index contributed by atoms with van der Waals surface area (Å²) in [4.78, 5) is 15.6. The van der Waals surface area contributed by atoms with Crippen molar-refractivity contribution in [1.82, 2.24) is 14.8 Å². The Hall–Kier alpha value is -2.59. The maximum absolute atomic E-state index is 13.1. The lowest BCUT2D eigenvalue weighted by molar-refractivity contribution is -0.127. The molecule has 2 aromatic carbocycles. The van der Waals surface area contributed by atoms with Crippen molar-refractivity contribution in [1.29, 1.82) is 0 Å². The number of carbonyl (C=O) groups excluding carboxylic acids is 1. The van der Waals surface area contributed by atoms with E-state index in [4.69, 9.17) is 0 Å². The van der Waals surface area contributed by atoms with Gasteiger partial charge < -0.3 is 9.88 Å². The van der Waals surface area contributed by atoms with E-state index in [1.165, 1.54) is 33.3 Å². The van der Waals surface area contributed by atoms with E-state index in [2.05, 4.69) is 77.2 Å². The fourth-order valence-electron chi connectivity index (χ4n) is 5.88. The lowest BCUT2D eigenvalue weighted by Gasteiger charge is -2.33. The Morgan fingerprint density at radius 2 is 1.78 bits per heavy atom. The average Bonchev–Trinajstić information content (AvgIpc) is 3.10. The van der Waals surface area contributed by atoms with Crippen molar-refractivity contribution in [3.63, 3.8) is 0 Å². The SMILES string of the molecule is CCn1c(C)c(CN2CCC(C(=O)NC3CCCc4ccccc43)CC2)c2ccccc21. The first-order chi connectivity index (χ1) is 15.7. The molecule has 1 fully saturated rings. The summed E-state index contributed by atoms with van der Waals surface area (Å²) >= 11 is 0. The van der Waals surface area contributed by atoms with E-state index in [0.29, 0.717) is 0 Å². The van der Waals surface area contributed by atoms with Gasteiger partial charge in [-0.3, -0.25) is 9.69 Å². The second-order valence-electron chi connectivity index (χ2n) is 9.53. The summed E-state index contributed by atoms with van der Waals surface area (Å²) in [6, 6.07) is 17.6. The van der Waals surface area contributed by atoms with Gasteiger partial charge in [0.05, 0.1) is 6.04 Å². The first-order valence-corrected chi connectivity index (χ1v) is 12.3. The molecule has 1 unspecified atom stereocenters. The summed E-state index contributed by atoms with van der Waals surface area (Å²) in [7, 11) is 0. The molecule has 0 saturated carbocycles. The van der Waals surface area contributed by atoms with Gasteiger partial charge in [-0.1, -0.05) is 42.5 Å². The lowest BCUT2D eigenvalue weighted by Crippen LogP contribution is -2.41. The topological polar surface area (TPSA) is 37.3 Å². The number of aryl methyl sites for hydroxylation is 2. The van der Waals surface area contributed by atoms with Gasteiger partial charge in [0.15, 0.2) is 0 Å². The van der Waals surface area contributed by atoms with Crippen molar-refractivity contribution in [3.8, 4) is 0 Å². The van der Waals surface area contributed by atoms with E-state index in [1.54, 1.807) is 0 Å². The summed E-state index contributed by atoms with van der Waals surface area (Å²) in [6.45, 7) is 8.43. The first kappa shape index (κ1) is 21.3. The lowest BCUT2D eigenvalue weighted by atomic mass is 9.87. The number of benzene rings is 2. The number of piperidine rings is 1. The van der Waals surface area contributed by atoms with E-state index < -0.39 is 0 Å². The van der Waals surface area contributed by atoms with Crippen LogP contribution in [0.25, 0.3) is 10.9 Å². The van der Waals surface area contributed by atoms with Crippen molar-refractivity contribution in [2.24, 2.45) is 5.92 Å². The van der Waals surface area contributed by atoms with Gasteiger partial charge in [-0.15, -0.1) is 0 Å². The quantitative estimate of drug-likeness (QED) is 0.592. The van der Waals surface area contributed by atoms with Crippen molar-refractivity contribution < 1.29 is 4.79 Å². The molecule has 2 aliphatic rings. The number of aromatic nitrogens is 1. The van der Waals surface area contributed by atoms with Gasteiger partial charge >= 0.3 is 0 Å². The first-order valence-electron chi connectivity index (χ1n) is 12.3.